The molecular weight excluding hydrogens is 252 g/mol. The number of rotatable bonds is 12. The van der Waals surface area contributed by atoms with Gasteiger partial charge in [0.2, 0.25) is 0 Å². The highest BCUT2D eigenvalue weighted by molar-refractivity contribution is 5.64. The van der Waals surface area contributed by atoms with E-state index in [4.69, 9.17) is 0 Å². The van der Waals surface area contributed by atoms with Crippen LogP contribution < -0.4 is 0 Å². The summed E-state index contributed by atoms with van der Waals surface area (Å²) in [5.41, 5.74) is 3.82. The average molecular weight is 284 g/mol. The fourth-order valence-electron chi connectivity index (χ4n) is 2.78. The molecule has 0 atom stereocenters. The molecule has 0 heterocycles. The number of unbranched alkanes of at least 4 members (excludes halogenated alkanes) is 8. The van der Waals surface area contributed by atoms with Crippen molar-refractivity contribution in [3.63, 3.8) is 0 Å². The van der Waals surface area contributed by atoms with E-state index in [1.807, 2.05) is 12.2 Å². The van der Waals surface area contributed by atoms with Gasteiger partial charge in [-0.05, 0) is 29.5 Å². The molecule has 21 heavy (non-hydrogen) atoms. The summed E-state index contributed by atoms with van der Waals surface area (Å²) in [5, 5.41) is 0. The first-order valence-corrected chi connectivity index (χ1v) is 8.69. The summed E-state index contributed by atoms with van der Waals surface area (Å²) in [6.07, 6.45) is 17.5. The lowest BCUT2D eigenvalue weighted by molar-refractivity contribution is 0.565. The zero-order valence-corrected chi connectivity index (χ0v) is 13.9. The molecule has 0 heteroatoms. The monoisotopic (exact) mass is 284 g/mol. The summed E-state index contributed by atoms with van der Waals surface area (Å²) in [6.45, 7) is 10.0. The lowest BCUT2D eigenvalue weighted by Gasteiger charge is -2.06. The molecular formula is C21H32. The van der Waals surface area contributed by atoms with Gasteiger partial charge >= 0.3 is 0 Å². The van der Waals surface area contributed by atoms with E-state index in [0.29, 0.717) is 0 Å². The maximum Gasteiger partial charge on any atom is -0.0187 e. The summed E-state index contributed by atoms with van der Waals surface area (Å²) >= 11 is 0. The molecule has 1 aromatic carbocycles. The van der Waals surface area contributed by atoms with Gasteiger partial charge in [-0.25, -0.2) is 0 Å². The molecule has 0 aliphatic rings. The van der Waals surface area contributed by atoms with E-state index >= 15 is 0 Å². The molecule has 0 aliphatic heterocycles. The van der Waals surface area contributed by atoms with Gasteiger partial charge in [-0.15, -0.1) is 0 Å². The van der Waals surface area contributed by atoms with Gasteiger partial charge in [-0.2, -0.15) is 0 Å². The van der Waals surface area contributed by atoms with Crippen LogP contribution in [0.25, 0.3) is 12.2 Å². The van der Waals surface area contributed by atoms with Gasteiger partial charge in [0, 0.05) is 0 Å². The number of hydrogen-bond acceptors (Lipinski definition) is 0. The molecule has 0 aliphatic carbocycles. The van der Waals surface area contributed by atoms with E-state index in [-0.39, 0.29) is 0 Å². The van der Waals surface area contributed by atoms with Crippen molar-refractivity contribution in [1.82, 2.24) is 0 Å². The summed E-state index contributed by atoms with van der Waals surface area (Å²) < 4.78 is 0. The van der Waals surface area contributed by atoms with Crippen molar-refractivity contribution in [3.8, 4) is 0 Å². The third kappa shape index (κ3) is 7.32. The molecule has 116 valence electrons. The molecule has 0 N–H and O–H groups in total. The van der Waals surface area contributed by atoms with E-state index in [1.54, 1.807) is 0 Å². The highest BCUT2D eigenvalue weighted by atomic mass is 14.0. The second-order valence-electron chi connectivity index (χ2n) is 5.95. The topological polar surface area (TPSA) is 0 Å². The van der Waals surface area contributed by atoms with Crippen LogP contribution in [0.15, 0.2) is 31.4 Å². The van der Waals surface area contributed by atoms with Crippen LogP contribution in [0.3, 0.4) is 0 Å². The highest BCUT2D eigenvalue weighted by Crippen LogP contribution is 2.17. The molecule has 0 saturated carbocycles. The van der Waals surface area contributed by atoms with Crippen molar-refractivity contribution >= 4 is 12.2 Å². The van der Waals surface area contributed by atoms with Gasteiger partial charge in [0.05, 0.1) is 0 Å². The Labute approximate surface area is 132 Å². The lowest BCUT2D eigenvalue weighted by Crippen LogP contribution is -1.89. The average Bonchev–Trinajstić information content (AvgIpc) is 2.53. The Kier molecular flexibility index (Phi) is 9.61. The second-order valence-corrected chi connectivity index (χ2v) is 5.95. The predicted molar refractivity (Wildman–Crippen MR) is 97.6 cm³/mol. The van der Waals surface area contributed by atoms with Crippen molar-refractivity contribution in [3.05, 3.63) is 48.0 Å². The van der Waals surface area contributed by atoms with Crippen LogP contribution in [-0.2, 0) is 6.42 Å². The minimum Gasteiger partial charge on any atom is -0.0984 e. The lowest BCUT2D eigenvalue weighted by atomic mass is 9.99. The van der Waals surface area contributed by atoms with E-state index in [1.165, 1.54) is 80.9 Å². The quantitative estimate of drug-likeness (QED) is 0.361. The summed E-state index contributed by atoms with van der Waals surface area (Å²) in [4.78, 5) is 0. The maximum atomic E-state index is 3.88. The largest absolute Gasteiger partial charge is 0.0984 e. The Bertz CT molecular complexity index is 414. The summed E-state index contributed by atoms with van der Waals surface area (Å²) in [5.74, 6) is 0. The van der Waals surface area contributed by atoms with Crippen molar-refractivity contribution in [2.24, 2.45) is 0 Å². The Balaban J connectivity index is 2.15. The minimum absolute atomic E-state index is 1.18. The molecule has 1 aromatic rings. The third-order valence-electron chi connectivity index (χ3n) is 4.16. The van der Waals surface area contributed by atoms with Crippen LogP contribution in [-0.4, -0.2) is 0 Å². The van der Waals surface area contributed by atoms with Crippen LogP contribution in [0.4, 0.5) is 0 Å². The van der Waals surface area contributed by atoms with Crippen molar-refractivity contribution in [2.75, 3.05) is 0 Å². The van der Waals surface area contributed by atoms with Crippen LogP contribution in [0.1, 0.15) is 81.4 Å². The van der Waals surface area contributed by atoms with E-state index in [2.05, 4.69) is 38.3 Å². The molecule has 0 unspecified atom stereocenters. The van der Waals surface area contributed by atoms with Gasteiger partial charge in [-0.1, -0.05) is 102 Å². The summed E-state index contributed by atoms with van der Waals surface area (Å²) in [6, 6.07) is 6.65. The van der Waals surface area contributed by atoms with E-state index in [9.17, 15) is 0 Å². The Morgan fingerprint density at radius 2 is 1.33 bits per heavy atom. The fourth-order valence-corrected chi connectivity index (χ4v) is 2.78. The zero-order valence-electron chi connectivity index (χ0n) is 13.9. The Morgan fingerprint density at radius 1 is 0.762 bits per heavy atom. The van der Waals surface area contributed by atoms with E-state index < -0.39 is 0 Å². The van der Waals surface area contributed by atoms with Crippen molar-refractivity contribution in [1.29, 1.82) is 0 Å². The van der Waals surface area contributed by atoms with Crippen molar-refractivity contribution < 1.29 is 0 Å². The fraction of sp³-hybridized carbons (Fsp3) is 0.524. The maximum absolute atomic E-state index is 3.88. The SMILES string of the molecule is C=Cc1ccc(CCCCCCCCCCC)cc1C=C. The minimum atomic E-state index is 1.18. The Hall–Kier alpha value is -1.30. The molecule has 0 fully saturated rings. The summed E-state index contributed by atoms with van der Waals surface area (Å²) in [7, 11) is 0. The molecule has 0 saturated heterocycles. The molecule has 0 bridgehead atoms. The zero-order chi connectivity index (χ0) is 15.3. The van der Waals surface area contributed by atoms with Gasteiger partial charge in [0.15, 0.2) is 0 Å². The molecule has 0 radical (unpaired) electrons. The first-order chi connectivity index (χ1) is 10.3. The van der Waals surface area contributed by atoms with Crippen LogP contribution in [0, 0.1) is 0 Å². The molecule has 0 aromatic heterocycles. The molecule has 0 amide bonds. The molecule has 0 nitrogen and oxygen atoms in total. The standard InChI is InChI=1S/C21H32/c1-4-7-8-9-10-11-12-13-14-15-19-16-17-20(5-2)21(6-3)18-19/h5-6,16-18H,2-4,7-15H2,1H3. The second kappa shape index (κ2) is 11.4. The van der Waals surface area contributed by atoms with Gasteiger partial charge < -0.3 is 0 Å². The van der Waals surface area contributed by atoms with Crippen LogP contribution in [0.2, 0.25) is 0 Å². The normalized spacial score (nSPS) is 10.5. The first kappa shape index (κ1) is 17.8. The smallest absolute Gasteiger partial charge is 0.0187 e. The van der Waals surface area contributed by atoms with Crippen LogP contribution in [0.5, 0.6) is 0 Å². The highest BCUT2D eigenvalue weighted by Gasteiger charge is 1.99. The van der Waals surface area contributed by atoms with Gasteiger partial charge in [0.1, 0.15) is 0 Å². The van der Waals surface area contributed by atoms with Gasteiger partial charge in [-0.3, -0.25) is 0 Å². The third-order valence-corrected chi connectivity index (χ3v) is 4.16. The number of aryl methyl sites for hydroxylation is 1. The predicted octanol–water partition coefficient (Wildman–Crippen LogP) is 7.05. The first-order valence-electron chi connectivity index (χ1n) is 8.69. The van der Waals surface area contributed by atoms with E-state index in [0.717, 1.165) is 0 Å². The Morgan fingerprint density at radius 3 is 1.90 bits per heavy atom. The molecule has 1 rings (SSSR count). The number of hydrogen-bond donors (Lipinski definition) is 0. The van der Waals surface area contributed by atoms with Crippen molar-refractivity contribution in [2.45, 2.75) is 71.1 Å². The van der Waals surface area contributed by atoms with Gasteiger partial charge in [0.25, 0.3) is 0 Å². The number of benzene rings is 1. The van der Waals surface area contributed by atoms with Crippen LogP contribution >= 0.6 is 0 Å². The molecule has 0 spiro atoms.